The Labute approximate surface area is 186 Å². The van der Waals surface area contributed by atoms with Gasteiger partial charge in [0.05, 0.1) is 0 Å². The molecular weight excluding hydrogens is 396 g/mol. The average Bonchev–Trinajstić information content (AvgIpc) is 2.69. The second kappa shape index (κ2) is 17.5. The van der Waals surface area contributed by atoms with Crippen molar-refractivity contribution in [2.24, 2.45) is 0 Å². The topological polar surface area (TPSA) is 128 Å². The number of carboxylic acids is 1. The summed E-state index contributed by atoms with van der Waals surface area (Å²) in [7, 11) is 0. The molecule has 0 saturated carbocycles. The van der Waals surface area contributed by atoms with Crippen molar-refractivity contribution in [1.82, 2.24) is 20.7 Å². The van der Waals surface area contributed by atoms with Gasteiger partial charge in [0.2, 0.25) is 5.91 Å². The summed E-state index contributed by atoms with van der Waals surface area (Å²) in [6, 6.07) is -0.964. The number of carbonyl (C=O) groups is 3. The predicted octanol–water partition coefficient (Wildman–Crippen LogP) is 4.68. The van der Waals surface area contributed by atoms with Crippen molar-refractivity contribution in [3.05, 3.63) is 5.82 Å². The molecule has 0 saturated heterocycles. The highest BCUT2D eigenvalue weighted by molar-refractivity contribution is 5.84. The first kappa shape index (κ1) is 26.9. The zero-order valence-corrected chi connectivity index (χ0v) is 19.2. The number of aryl methyl sites for hydroxylation is 1. The lowest BCUT2D eigenvalue weighted by Gasteiger charge is -2.13. The smallest absolute Gasteiger partial charge is 0.326 e. The summed E-state index contributed by atoms with van der Waals surface area (Å²) in [5.41, 5.74) is 0. The van der Waals surface area contributed by atoms with Crippen LogP contribution in [0.25, 0.3) is 0 Å². The molecule has 4 N–H and O–H groups in total. The minimum absolute atomic E-state index is 0.0674. The molecule has 1 heterocycles. The molecule has 0 aliphatic carbocycles. The number of hydrogen-bond donors (Lipinski definition) is 4. The number of rotatable bonds is 21. The van der Waals surface area contributed by atoms with Crippen LogP contribution in [-0.2, 0) is 20.8 Å². The van der Waals surface area contributed by atoms with Crippen LogP contribution in [0.5, 0.6) is 0 Å². The summed E-state index contributed by atoms with van der Waals surface area (Å²) in [4.78, 5) is 34.0. The van der Waals surface area contributed by atoms with Gasteiger partial charge in [-0.1, -0.05) is 70.6 Å². The van der Waals surface area contributed by atoms with Gasteiger partial charge in [0.15, 0.2) is 0 Å². The maximum Gasteiger partial charge on any atom is 0.326 e. The first-order valence-electron chi connectivity index (χ1n) is 12.1. The maximum absolute atomic E-state index is 11.9. The second-order valence-electron chi connectivity index (χ2n) is 8.59. The molecule has 1 amide bonds. The van der Waals surface area contributed by atoms with Gasteiger partial charge in [-0.05, 0) is 26.2 Å². The lowest BCUT2D eigenvalue weighted by Crippen LogP contribution is -2.40. The molecule has 178 valence electrons. The van der Waals surface area contributed by atoms with E-state index in [0.29, 0.717) is 6.42 Å². The van der Waals surface area contributed by atoms with E-state index >= 15 is 0 Å². The van der Waals surface area contributed by atoms with Gasteiger partial charge in [0.25, 0.3) is 0 Å². The Morgan fingerprint density at radius 2 is 1.32 bits per heavy atom. The molecule has 31 heavy (non-hydrogen) atoms. The Kier molecular flexibility index (Phi) is 15.2. The predicted molar refractivity (Wildman–Crippen MR) is 121 cm³/mol. The summed E-state index contributed by atoms with van der Waals surface area (Å²) in [6.45, 7) is 1.42. The van der Waals surface area contributed by atoms with E-state index in [4.69, 9.17) is 5.11 Å². The summed E-state index contributed by atoms with van der Waals surface area (Å²) < 4.78 is 0. The molecular formula is C23H42N4O4. The summed E-state index contributed by atoms with van der Waals surface area (Å²) in [5.74, 6) is -0.302. The summed E-state index contributed by atoms with van der Waals surface area (Å²) in [5, 5.41) is 21.3. The molecule has 1 aromatic heterocycles. The fourth-order valence-electron chi connectivity index (χ4n) is 3.65. The molecule has 8 nitrogen and oxygen atoms in total. The van der Waals surface area contributed by atoms with Crippen LogP contribution in [0, 0.1) is 0 Å². The van der Waals surface area contributed by atoms with Crippen LogP contribution in [0.15, 0.2) is 0 Å². The van der Waals surface area contributed by atoms with Crippen molar-refractivity contribution in [2.45, 2.75) is 122 Å². The normalized spacial score (nSPS) is 12.0. The van der Waals surface area contributed by atoms with Gasteiger partial charge < -0.3 is 15.2 Å². The van der Waals surface area contributed by atoms with E-state index in [9.17, 15) is 14.4 Å². The van der Waals surface area contributed by atoms with E-state index in [-0.39, 0.29) is 24.5 Å². The van der Waals surface area contributed by atoms with Crippen molar-refractivity contribution in [3.63, 3.8) is 0 Å². The van der Waals surface area contributed by atoms with Gasteiger partial charge in [0.1, 0.15) is 17.6 Å². The van der Waals surface area contributed by atoms with Crippen molar-refractivity contribution >= 4 is 17.7 Å². The Hall–Kier alpha value is -2.12. The fourth-order valence-corrected chi connectivity index (χ4v) is 3.65. The van der Waals surface area contributed by atoms with Gasteiger partial charge in [0, 0.05) is 19.3 Å². The Morgan fingerprint density at radius 1 is 0.839 bits per heavy atom. The van der Waals surface area contributed by atoms with Crippen molar-refractivity contribution in [1.29, 1.82) is 0 Å². The SMILES string of the molecule is CC(=O)CC[C@H](NC(=O)CCCCCCCCCCCCCCCc1n[nH][nH]1)C(=O)O. The van der Waals surface area contributed by atoms with Crippen LogP contribution in [0.3, 0.4) is 0 Å². The zero-order chi connectivity index (χ0) is 22.7. The second-order valence-corrected chi connectivity index (χ2v) is 8.59. The van der Waals surface area contributed by atoms with E-state index in [1.54, 1.807) is 0 Å². The van der Waals surface area contributed by atoms with E-state index in [1.165, 1.54) is 71.1 Å². The summed E-state index contributed by atoms with van der Waals surface area (Å²) in [6.07, 6.45) is 17.5. The highest BCUT2D eigenvalue weighted by Gasteiger charge is 2.19. The number of nitrogens with zero attached hydrogens (tertiary/aromatic N) is 1. The fraction of sp³-hybridized carbons (Fsp3) is 0.826. The highest BCUT2D eigenvalue weighted by Crippen LogP contribution is 2.13. The molecule has 0 spiro atoms. The number of H-pyrrole nitrogens is 2. The molecule has 0 unspecified atom stereocenters. The van der Waals surface area contributed by atoms with Crippen LogP contribution in [0.4, 0.5) is 0 Å². The Balaban J connectivity index is 1.83. The lowest BCUT2D eigenvalue weighted by atomic mass is 10.0. The molecule has 0 bridgehead atoms. The van der Waals surface area contributed by atoms with E-state index in [1.807, 2.05) is 0 Å². The van der Waals surface area contributed by atoms with Gasteiger partial charge in [-0.25, -0.2) is 10.0 Å². The van der Waals surface area contributed by atoms with Crippen molar-refractivity contribution < 1.29 is 19.5 Å². The van der Waals surface area contributed by atoms with Crippen LogP contribution in [0.2, 0.25) is 0 Å². The average molecular weight is 439 g/mol. The number of aromatic amines is 2. The number of carboxylic acid groups (broad SMARTS) is 1. The third-order valence-corrected chi connectivity index (χ3v) is 5.63. The number of ketones is 1. The molecule has 0 aliphatic rings. The van der Waals surface area contributed by atoms with E-state index < -0.39 is 12.0 Å². The molecule has 8 heteroatoms. The van der Waals surface area contributed by atoms with Crippen LogP contribution in [0.1, 0.15) is 115 Å². The largest absolute Gasteiger partial charge is 0.480 e. The highest BCUT2D eigenvalue weighted by atomic mass is 16.4. The minimum atomic E-state index is -1.08. The lowest BCUT2D eigenvalue weighted by molar-refractivity contribution is -0.142. The Morgan fingerprint density at radius 3 is 1.74 bits per heavy atom. The number of hydrogen-bond acceptors (Lipinski definition) is 4. The first-order chi connectivity index (χ1) is 15.0. The zero-order valence-electron chi connectivity index (χ0n) is 19.2. The van der Waals surface area contributed by atoms with Gasteiger partial charge in [-0.2, -0.15) is 0 Å². The van der Waals surface area contributed by atoms with Gasteiger partial charge >= 0.3 is 5.97 Å². The van der Waals surface area contributed by atoms with E-state index in [0.717, 1.165) is 31.5 Å². The number of nitrogens with one attached hydrogen (secondary N) is 3. The van der Waals surface area contributed by atoms with Crippen LogP contribution >= 0.6 is 0 Å². The number of aromatic nitrogens is 3. The number of Topliss-reactive ketones (excluding diaryl/α,β-unsaturated/α-hetero) is 1. The number of aliphatic carboxylic acids is 1. The van der Waals surface area contributed by atoms with E-state index in [2.05, 4.69) is 20.7 Å². The molecule has 1 atom stereocenters. The van der Waals surface area contributed by atoms with Gasteiger partial charge in [-0.3, -0.25) is 9.89 Å². The van der Waals surface area contributed by atoms with Crippen molar-refractivity contribution in [3.8, 4) is 0 Å². The minimum Gasteiger partial charge on any atom is -0.480 e. The molecule has 0 aliphatic heterocycles. The number of unbranched alkanes of at least 4 members (excludes halogenated alkanes) is 12. The first-order valence-corrected chi connectivity index (χ1v) is 12.1. The van der Waals surface area contributed by atoms with Crippen LogP contribution < -0.4 is 5.32 Å². The molecule has 1 rings (SSSR count). The van der Waals surface area contributed by atoms with Crippen LogP contribution in [-0.4, -0.2) is 44.2 Å². The number of amides is 1. The molecule has 1 aromatic rings. The molecule has 0 radical (unpaired) electrons. The third-order valence-electron chi connectivity index (χ3n) is 5.63. The number of carbonyl (C=O) groups excluding carboxylic acids is 2. The monoisotopic (exact) mass is 438 g/mol. The molecule has 0 aromatic carbocycles. The molecule has 0 fully saturated rings. The van der Waals surface area contributed by atoms with Gasteiger partial charge in [-0.15, -0.1) is 5.10 Å². The maximum atomic E-state index is 11.9. The Bertz CT molecular complexity index is 602. The quantitative estimate of drug-likeness (QED) is 0.207. The third kappa shape index (κ3) is 15.3. The standard InChI is InChI=1S/C23H42N4O4/c1-19(28)17-18-20(23(30)31)24-22(29)16-14-12-10-8-6-4-2-3-5-7-9-11-13-15-21-25-27-26-21/h20,27H,2-18H2,1H3,(H,24,29)(H,25,26)(H,30,31)/t20-/m0/s1. The summed E-state index contributed by atoms with van der Waals surface area (Å²) >= 11 is 0. The van der Waals surface area contributed by atoms with Crippen molar-refractivity contribution in [2.75, 3.05) is 0 Å².